The molecular weight excluding hydrogens is 392 g/mol. The van der Waals surface area contributed by atoms with Crippen LogP contribution >= 0.6 is 0 Å². The molecule has 1 rings (SSSR count). The lowest BCUT2D eigenvalue weighted by atomic mass is 9.96. The van der Waals surface area contributed by atoms with E-state index in [0.29, 0.717) is 12.8 Å². The van der Waals surface area contributed by atoms with E-state index in [-0.39, 0.29) is 11.9 Å². The average Bonchev–Trinajstić information content (AvgIpc) is 3.09. The largest absolute Gasteiger partial charge is 0.469 e. The van der Waals surface area contributed by atoms with Gasteiger partial charge >= 0.3 is 11.9 Å². The maximum absolute atomic E-state index is 11.2. The van der Waals surface area contributed by atoms with E-state index in [9.17, 15) is 9.59 Å². The number of hydrogen-bond donors (Lipinski definition) is 0. The normalized spacial score (nSPS) is 11.0. The van der Waals surface area contributed by atoms with Crippen molar-refractivity contribution in [2.75, 3.05) is 14.2 Å². The maximum Gasteiger partial charge on any atom is 0.305 e. The molecule has 0 aliphatic heterocycles. The van der Waals surface area contributed by atoms with Crippen LogP contribution in [0.2, 0.25) is 0 Å². The van der Waals surface area contributed by atoms with Gasteiger partial charge in [0.25, 0.3) is 0 Å². The molecule has 0 unspecified atom stereocenters. The van der Waals surface area contributed by atoms with Crippen LogP contribution in [0, 0.1) is 0 Å². The van der Waals surface area contributed by atoms with Gasteiger partial charge in [-0.3, -0.25) is 9.59 Å². The molecule has 1 aromatic heterocycles. The van der Waals surface area contributed by atoms with E-state index in [1.807, 2.05) is 0 Å². The lowest BCUT2D eigenvalue weighted by Gasteiger charge is -2.05. The second-order valence-corrected chi connectivity index (χ2v) is 8.39. The summed E-state index contributed by atoms with van der Waals surface area (Å²) in [5.74, 6) is 2.16. The van der Waals surface area contributed by atoms with Crippen LogP contribution in [0.4, 0.5) is 0 Å². The molecule has 31 heavy (non-hydrogen) atoms. The van der Waals surface area contributed by atoms with Crippen molar-refractivity contribution in [3.05, 3.63) is 22.6 Å². The molecule has 5 nitrogen and oxygen atoms in total. The van der Waals surface area contributed by atoms with Gasteiger partial charge in [-0.05, 0) is 49.7 Å². The Bertz CT molecular complexity index is 579. The quantitative estimate of drug-likeness (QED) is 0.194. The number of esters is 2. The standard InChI is InChI=1S/C26H44O5/c1-5-15-21-22(16-6-2)24(18-12-8-10-14-20-26(28)30-4)31-23(21)17-11-7-9-13-19-25(27)29-3/h5-20H2,1-4H3. The highest BCUT2D eigenvalue weighted by atomic mass is 16.5. The first-order valence-electron chi connectivity index (χ1n) is 12.3. The second kappa shape index (κ2) is 16.9. The number of unbranched alkanes of at least 4 members (excludes halogenated alkanes) is 6. The zero-order valence-corrected chi connectivity index (χ0v) is 20.4. The Morgan fingerprint density at radius 2 is 1.00 bits per heavy atom. The first-order chi connectivity index (χ1) is 15.1. The lowest BCUT2D eigenvalue weighted by molar-refractivity contribution is -0.141. The maximum atomic E-state index is 11.2. The molecule has 0 atom stereocenters. The van der Waals surface area contributed by atoms with Crippen molar-refractivity contribution in [1.82, 2.24) is 0 Å². The molecule has 0 saturated heterocycles. The van der Waals surface area contributed by atoms with Gasteiger partial charge in [0.05, 0.1) is 14.2 Å². The molecule has 0 aliphatic rings. The number of hydrogen-bond acceptors (Lipinski definition) is 5. The van der Waals surface area contributed by atoms with Gasteiger partial charge in [-0.2, -0.15) is 0 Å². The molecule has 0 N–H and O–H groups in total. The summed E-state index contributed by atoms with van der Waals surface area (Å²) < 4.78 is 15.8. The molecule has 0 spiro atoms. The van der Waals surface area contributed by atoms with E-state index in [0.717, 1.165) is 89.9 Å². The monoisotopic (exact) mass is 436 g/mol. The highest BCUT2D eigenvalue weighted by Crippen LogP contribution is 2.29. The van der Waals surface area contributed by atoms with Crippen LogP contribution in [0.15, 0.2) is 4.42 Å². The summed E-state index contributed by atoms with van der Waals surface area (Å²) >= 11 is 0. The summed E-state index contributed by atoms with van der Waals surface area (Å²) in [6.45, 7) is 4.47. The highest BCUT2D eigenvalue weighted by molar-refractivity contribution is 5.69. The van der Waals surface area contributed by atoms with E-state index in [4.69, 9.17) is 13.9 Å². The Hall–Kier alpha value is -1.78. The van der Waals surface area contributed by atoms with Crippen molar-refractivity contribution < 1.29 is 23.5 Å². The Labute approximate surface area is 189 Å². The third kappa shape index (κ3) is 10.9. The number of methoxy groups -OCH3 is 2. The number of ether oxygens (including phenoxy) is 2. The van der Waals surface area contributed by atoms with E-state index < -0.39 is 0 Å². The van der Waals surface area contributed by atoms with Gasteiger partial charge < -0.3 is 13.9 Å². The van der Waals surface area contributed by atoms with Gasteiger partial charge in [-0.25, -0.2) is 0 Å². The van der Waals surface area contributed by atoms with Crippen LogP contribution < -0.4 is 0 Å². The molecule has 0 saturated carbocycles. The topological polar surface area (TPSA) is 65.7 Å². The van der Waals surface area contributed by atoms with Crippen LogP contribution in [-0.4, -0.2) is 26.2 Å². The second-order valence-electron chi connectivity index (χ2n) is 8.39. The summed E-state index contributed by atoms with van der Waals surface area (Å²) in [6.07, 6.45) is 15.8. The molecule has 0 aromatic carbocycles. The molecule has 0 fully saturated rings. The Morgan fingerprint density at radius 3 is 1.35 bits per heavy atom. The van der Waals surface area contributed by atoms with Crippen molar-refractivity contribution in [3.8, 4) is 0 Å². The number of rotatable bonds is 18. The minimum Gasteiger partial charge on any atom is -0.469 e. The molecule has 5 heteroatoms. The number of aryl methyl sites for hydroxylation is 2. The van der Waals surface area contributed by atoms with Crippen molar-refractivity contribution >= 4 is 11.9 Å². The van der Waals surface area contributed by atoms with Crippen LogP contribution in [0.5, 0.6) is 0 Å². The summed E-state index contributed by atoms with van der Waals surface area (Å²) in [4.78, 5) is 22.4. The fourth-order valence-corrected chi connectivity index (χ4v) is 4.11. The highest BCUT2D eigenvalue weighted by Gasteiger charge is 2.18. The number of carbonyl (C=O) groups is 2. The molecule has 178 valence electrons. The fourth-order valence-electron chi connectivity index (χ4n) is 4.11. The van der Waals surface area contributed by atoms with Crippen molar-refractivity contribution in [2.24, 2.45) is 0 Å². The summed E-state index contributed by atoms with van der Waals surface area (Å²) in [5.41, 5.74) is 2.92. The van der Waals surface area contributed by atoms with Crippen LogP contribution in [-0.2, 0) is 44.7 Å². The Balaban J connectivity index is 2.57. The van der Waals surface area contributed by atoms with E-state index in [1.54, 1.807) is 0 Å². The zero-order chi connectivity index (χ0) is 22.9. The molecule has 0 amide bonds. The molecule has 1 aromatic rings. The van der Waals surface area contributed by atoms with Gasteiger partial charge in [0, 0.05) is 25.7 Å². The number of furan rings is 1. The minimum absolute atomic E-state index is 0.115. The molecule has 0 aliphatic carbocycles. The number of carbonyl (C=O) groups excluding carboxylic acids is 2. The van der Waals surface area contributed by atoms with Crippen molar-refractivity contribution in [1.29, 1.82) is 0 Å². The van der Waals surface area contributed by atoms with Crippen molar-refractivity contribution in [3.63, 3.8) is 0 Å². The van der Waals surface area contributed by atoms with Crippen LogP contribution in [0.3, 0.4) is 0 Å². The van der Waals surface area contributed by atoms with E-state index >= 15 is 0 Å². The Morgan fingerprint density at radius 1 is 0.613 bits per heavy atom. The molecular formula is C26H44O5. The fraction of sp³-hybridized carbons (Fsp3) is 0.769. The van der Waals surface area contributed by atoms with Gasteiger partial charge in [0.15, 0.2) is 0 Å². The first-order valence-corrected chi connectivity index (χ1v) is 12.3. The van der Waals surface area contributed by atoms with Crippen LogP contribution in [0.1, 0.15) is 114 Å². The smallest absolute Gasteiger partial charge is 0.305 e. The molecule has 0 radical (unpaired) electrons. The lowest BCUT2D eigenvalue weighted by Crippen LogP contribution is -1.99. The zero-order valence-electron chi connectivity index (χ0n) is 20.4. The summed E-state index contributed by atoms with van der Waals surface area (Å²) in [6, 6.07) is 0. The van der Waals surface area contributed by atoms with E-state index in [1.165, 1.54) is 36.9 Å². The van der Waals surface area contributed by atoms with E-state index in [2.05, 4.69) is 13.8 Å². The minimum atomic E-state index is -0.115. The summed E-state index contributed by atoms with van der Waals surface area (Å²) in [5, 5.41) is 0. The SMILES string of the molecule is CCCc1c(CCCCCCC(=O)OC)oc(CCCCCCC(=O)OC)c1CCC. The average molecular weight is 437 g/mol. The summed E-state index contributed by atoms with van der Waals surface area (Å²) in [7, 11) is 2.89. The van der Waals surface area contributed by atoms with Crippen LogP contribution in [0.25, 0.3) is 0 Å². The molecule has 1 heterocycles. The van der Waals surface area contributed by atoms with Gasteiger partial charge in [-0.15, -0.1) is 0 Å². The first kappa shape index (κ1) is 27.3. The van der Waals surface area contributed by atoms with Crippen molar-refractivity contribution in [2.45, 2.75) is 117 Å². The predicted molar refractivity (Wildman–Crippen MR) is 124 cm³/mol. The van der Waals surface area contributed by atoms with Gasteiger partial charge in [-0.1, -0.05) is 52.4 Å². The van der Waals surface area contributed by atoms with Gasteiger partial charge in [0.1, 0.15) is 11.5 Å². The van der Waals surface area contributed by atoms with Gasteiger partial charge in [0.2, 0.25) is 0 Å². The third-order valence-electron chi connectivity index (χ3n) is 5.81. The third-order valence-corrected chi connectivity index (χ3v) is 5.81. The molecule has 0 bridgehead atoms. The predicted octanol–water partition coefficient (Wildman–Crippen LogP) is 6.52. The Kier molecular flexibility index (Phi) is 14.8.